The fourth-order valence-electron chi connectivity index (χ4n) is 3.88. The Balaban J connectivity index is 1.32. The highest BCUT2D eigenvalue weighted by atomic mass is 32.1. The highest BCUT2D eigenvalue weighted by Gasteiger charge is 2.19. The van der Waals surface area contributed by atoms with Gasteiger partial charge in [-0.15, -0.1) is 11.3 Å². The summed E-state index contributed by atoms with van der Waals surface area (Å²) in [4.78, 5) is 6.53. The molecule has 152 valence electrons. The van der Waals surface area contributed by atoms with E-state index in [1.165, 1.54) is 15.6 Å². The summed E-state index contributed by atoms with van der Waals surface area (Å²) in [6, 6.07) is 18.6. The number of hydrogen-bond acceptors (Lipinski definition) is 6. The topological polar surface area (TPSA) is 57.6 Å². The third-order valence-electron chi connectivity index (χ3n) is 5.40. The summed E-state index contributed by atoms with van der Waals surface area (Å²) in [6.07, 6.45) is 2.71. The molecule has 5 nitrogen and oxygen atoms in total. The zero-order valence-corrected chi connectivity index (χ0v) is 17.4. The Morgan fingerprint density at radius 2 is 2.00 bits per heavy atom. The van der Waals surface area contributed by atoms with Crippen molar-refractivity contribution in [1.29, 1.82) is 0 Å². The van der Waals surface area contributed by atoms with Crippen LogP contribution in [0.5, 0.6) is 5.75 Å². The van der Waals surface area contributed by atoms with Crippen LogP contribution >= 0.6 is 11.3 Å². The van der Waals surface area contributed by atoms with Crippen molar-refractivity contribution in [1.82, 2.24) is 4.98 Å². The van der Waals surface area contributed by atoms with E-state index in [0.717, 1.165) is 42.3 Å². The predicted octanol–water partition coefficient (Wildman–Crippen LogP) is 4.97. The lowest BCUT2D eigenvalue weighted by Gasteiger charge is -2.31. The molecule has 1 aliphatic heterocycles. The largest absolute Gasteiger partial charge is 0.489 e. The van der Waals surface area contributed by atoms with Gasteiger partial charge in [0, 0.05) is 34.9 Å². The molecule has 6 heteroatoms. The Kier molecular flexibility index (Phi) is 5.26. The highest BCUT2D eigenvalue weighted by Crippen LogP contribution is 2.35. The predicted molar refractivity (Wildman–Crippen MR) is 123 cm³/mol. The number of pyridine rings is 1. The van der Waals surface area contributed by atoms with Crippen molar-refractivity contribution in [2.24, 2.45) is 0 Å². The van der Waals surface area contributed by atoms with Crippen LogP contribution in [-0.4, -0.2) is 29.8 Å². The van der Waals surface area contributed by atoms with Crippen LogP contribution < -0.4 is 15.0 Å². The van der Waals surface area contributed by atoms with Crippen LogP contribution in [0.3, 0.4) is 0 Å². The number of fused-ring (bicyclic) bond motifs is 2. The Hall–Kier alpha value is -3.09. The van der Waals surface area contributed by atoms with Crippen molar-refractivity contribution in [2.75, 3.05) is 29.9 Å². The second kappa shape index (κ2) is 8.34. The van der Waals surface area contributed by atoms with Crippen LogP contribution in [0, 0.1) is 0 Å². The maximum Gasteiger partial charge on any atom is 0.144 e. The van der Waals surface area contributed by atoms with Crippen LogP contribution in [0.1, 0.15) is 11.3 Å². The molecule has 2 aromatic carbocycles. The molecule has 30 heavy (non-hydrogen) atoms. The number of anilines is 3. The van der Waals surface area contributed by atoms with Crippen LogP contribution in [0.25, 0.3) is 10.1 Å². The van der Waals surface area contributed by atoms with Crippen LogP contribution in [0.15, 0.2) is 66.2 Å². The SMILES string of the molecule is OCc1cc(Nc2ccc3c(c2)OCCN3CCc2csc3ccccc23)ccn1. The normalized spacial score (nSPS) is 13.2. The molecule has 0 bridgehead atoms. The first-order valence-electron chi connectivity index (χ1n) is 10.1. The minimum atomic E-state index is -0.0722. The lowest BCUT2D eigenvalue weighted by atomic mass is 10.1. The molecular weight excluding hydrogens is 394 g/mol. The standard InChI is InChI=1S/C24H23N3O2S/c28-15-20-13-19(7-9-25-20)26-18-5-6-22-23(14-18)29-12-11-27(22)10-8-17-16-30-24-4-2-1-3-21(17)24/h1-7,9,13-14,16,28H,8,10-12,15H2,(H,25,26). The van der Waals surface area contributed by atoms with Crippen molar-refractivity contribution in [3.05, 3.63) is 77.4 Å². The molecule has 2 aromatic heterocycles. The quantitative estimate of drug-likeness (QED) is 0.464. The highest BCUT2D eigenvalue weighted by molar-refractivity contribution is 7.17. The molecule has 0 atom stereocenters. The van der Waals surface area contributed by atoms with E-state index < -0.39 is 0 Å². The number of nitrogens with one attached hydrogen (secondary N) is 1. The molecule has 2 N–H and O–H groups in total. The Bertz CT molecular complexity index is 1170. The number of benzene rings is 2. The Morgan fingerprint density at radius 3 is 2.93 bits per heavy atom. The second-order valence-corrected chi connectivity index (χ2v) is 8.26. The number of hydrogen-bond donors (Lipinski definition) is 2. The Morgan fingerprint density at radius 1 is 1.10 bits per heavy atom. The van der Waals surface area contributed by atoms with E-state index in [9.17, 15) is 5.11 Å². The number of rotatable bonds is 6. The molecule has 0 fully saturated rings. The van der Waals surface area contributed by atoms with Crippen molar-refractivity contribution in [2.45, 2.75) is 13.0 Å². The maximum absolute atomic E-state index is 9.28. The number of nitrogens with zero attached hydrogens (tertiary/aromatic N) is 2. The van der Waals surface area contributed by atoms with Crippen LogP contribution in [0.4, 0.5) is 17.1 Å². The summed E-state index contributed by atoms with van der Waals surface area (Å²) in [6.45, 7) is 2.47. The fourth-order valence-corrected chi connectivity index (χ4v) is 4.88. The molecule has 0 amide bonds. The van der Waals surface area contributed by atoms with Crippen LogP contribution in [0.2, 0.25) is 0 Å². The lowest BCUT2D eigenvalue weighted by Crippen LogP contribution is -2.34. The third kappa shape index (κ3) is 3.84. The first-order chi connectivity index (χ1) is 14.8. The van der Waals surface area contributed by atoms with Gasteiger partial charge in [0.05, 0.1) is 24.5 Å². The minimum Gasteiger partial charge on any atom is -0.489 e. The van der Waals surface area contributed by atoms with E-state index >= 15 is 0 Å². The summed E-state index contributed by atoms with van der Waals surface area (Å²) < 4.78 is 7.31. The summed E-state index contributed by atoms with van der Waals surface area (Å²) in [5, 5.41) is 16.3. The molecule has 0 saturated heterocycles. The van der Waals surface area contributed by atoms with Crippen molar-refractivity contribution in [3.63, 3.8) is 0 Å². The van der Waals surface area contributed by atoms with Gasteiger partial charge in [-0.1, -0.05) is 18.2 Å². The van der Waals surface area contributed by atoms with Crippen molar-refractivity contribution in [3.8, 4) is 5.75 Å². The van der Waals surface area contributed by atoms with E-state index in [0.29, 0.717) is 12.3 Å². The number of ether oxygens (including phenoxy) is 1. The minimum absolute atomic E-state index is 0.0722. The van der Waals surface area contributed by atoms with Crippen molar-refractivity contribution < 1.29 is 9.84 Å². The summed E-state index contributed by atoms with van der Waals surface area (Å²) in [5.41, 5.74) is 5.04. The molecule has 0 saturated carbocycles. The zero-order chi connectivity index (χ0) is 20.3. The van der Waals surface area contributed by atoms with Gasteiger partial charge in [-0.2, -0.15) is 0 Å². The van der Waals surface area contributed by atoms with Gasteiger partial charge in [0.25, 0.3) is 0 Å². The van der Waals surface area contributed by atoms with Crippen molar-refractivity contribution >= 4 is 38.5 Å². The first kappa shape index (κ1) is 18.9. The molecule has 0 radical (unpaired) electrons. The zero-order valence-electron chi connectivity index (χ0n) is 16.5. The first-order valence-corrected chi connectivity index (χ1v) is 11.0. The van der Waals surface area contributed by atoms with Gasteiger partial charge in [-0.3, -0.25) is 4.98 Å². The van der Waals surface area contributed by atoms with E-state index in [-0.39, 0.29) is 6.61 Å². The molecule has 1 aliphatic rings. The third-order valence-corrected chi connectivity index (χ3v) is 6.41. The molecule has 0 spiro atoms. The van der Waals surface area contributed by atoms with Gasteiger partial charge in [0.1, 0.15) is 12.4 Å². The van der Waals surface area contributed by atoms with Gasteiger partial charge in [-0.05, 0) is 53.1 Å². The molecule has 0 unspecified atom stereocenters. The molecule has 3 heterocycles. The number of aliphatic hydroxyl groups excluding tert-OH is 1. The summed E-state index contributed by atoms with van der Waals surface area (Å²) in [7, 11) is 0. The second-order valence-electron chi connectivity index (χ2n) is 7.34. The Labute approximate surface area is 179 Å². The van der Waals surface area contributed by atoms with Gasteiger partial charge < -0.3 is 20.1 Å². The summed E-state index contributed by atoms with van der Waals surface area (Å²) in [5.74, 6) is 0.901. The number of thiophene rings is 1. The van der Waals surface area contributed by atoms with E-state index in [1.807, 2.05) is 29.5 Å². The number of aliphatic hydroxyl groups is 1. The van der Waals surface area contributed by atoms with E-state index in [1.54, 1.807) is 6.20 Å². The lowest BCUT2D eigenvalue weighted by molar-refractivity contribution is 0.277. The van der Waals surface area contributed by atoms with Gasteiger partial charge in [-0.25, -0.2) is 0 Å². The molecule has 0 aliphatic carbocycles. The monoisotopic (exact) mass is 417 g/mol. The van der Waals surface area contributed by atoms with E-state index in [2.05, 4.69) is 57.0 Å². The maximum atomic E-state index is 9.28. The average Bonchev–Trinajstić information content (AvgIpc) is 3.21. The average molecular weight is 418 g/mol. The molecule has 5 rings (SSSR count). The van der Waals surface area contributed by atoms with Gasteiger partial charge in [0.15, 0.2) is 0 Å². The molecule has 4 aromatic rings. The molecular formula is C24H23N3O2S. The summed E-state index contributed by atoms with van der Waals surface area (Å²) >= 11 is 1.82. The van der Waals surface area contributed by atoms with Crippen LogP contribution in [-0.2, 0) is 13.0 Å². The smallest absolute Gasteiger partial charge is 0.144 e. The fraction of sp³-hybridized carbons (Fsp3) is 0.208. The number of aromatic nitrogens is 1. The van der Waals surface area contributed by atoms with Gasteiger partial charge in [0.2, 0.25) is 0 Å². The van der Waals surface area contributed by atoms with Gasteiger partial charge >= 0.3 is 0 Å². The van der Waals surface area contributed by atoms with E-state index in [4.69, 9.17) is 4.74 Å².